The molecule has 0 saturated heterocycles. The molecule has 1 aromatic heterocycles. The second-order valence-corrected chi connectivity index (χ2v) is 5.17. The van der Waals surface area contributed by atoms with Crippen LogP contribution in [-0.2, 0) is 6.42 Å². The molecule has 0 spiro atoms. The van der Waals surface area contributed by atoms with Crippen molar-refractivity contribution in [3.8, 4) is 0 Å². The minimum Gasteiger partial charge on any atom is -0.373 e. The van der Waals surface area contributed by atoms with E-state index in [2.05, 4.69) is 34.4 Å². The largest absolute Gasteiger partial charge is 0.373 e. The summed E-state index contributed by atoms with van der Waals surface area (Å²) >= 11 is 0. The van der Waals surface area contributed by atoms with E-state index in [1.54, 1.807) is 0 Å². The predicted molar refractivity (Wildman–Crippen MR) is 76.0 cm³/mol. The standard InChI is InChI=1S/C14H24N4/c1-4-12-17-13(15-3)9-14(18-12)16-11-8-6-5-7-10(11)2/h9-11H,4-8H2,1-3H3,(H2,15,16,17,18). The van der Waals surface area contributed by atoms with Gasteiger partial charge in [-0.2, -0.15) is 0 Å². The van der Waals surface area contributed by atoms with Crippen molar-refractivity contribution in [1.82, 2.24) is 9.97 Å². The van der Waals surface area contributed by atoms with Gasteiger partial charge >= 0.3 is 0 Å². The van der Waals surface area contributed by atoms with Crippen molar-refractivity contribution in [3.05, 3.63) is 11.9 Å². The lowest BCUT2D eigenvalue weighted by Crippen LogP contribution is -2.30. The SMILES string of the molecule is CCc1nc(NC)cc(NC2CCCCC2C)n1. The van der Waals surface area contributed by atoms with Gasteiger partial charge in [0.15, 0.2) is 0 Å². The van der Waals surface area contributed by atoms with Crippen LogP contribution in [0.15, 0.2) is 6.07 Å². The molecule has 2 rings (SSSR count). The maximum Gasteiger partial charge on any atom is 0.132 e. The Hall–Kier alpha value is -1.32. The minimum atomic E-state index is 0.558. The van der Waals surface area contributed by atoms with Crippen LogP contribution < -0.4 is 10.6 Å². The number of anilines is 2. The molecule has 0 aliphatic heterocycles. The Bertz CT molecular complexity index is 369. The Kier molecular flexibility index (Phi) is 4.39. The molecule has 1 fully saturated rings. The monoisotopic (exact) mass is 248 g/mol. The van der Waals surface area contributed by atoms with Crippen LogP contribution in [0.5, 0.6) is 0 Å². The third-order valence-corrected chi connectivity index (χ3v) is 3.79. The van der Waals surface area contributed by atoms with Crippen LogP contribution in [0.1, 0.15) is 45.4 Å². The highest BCUT2D eigenvalue weighted by atomic mass is 15.1. The van der Waals surface area contributed by atoms with Gasteiger partial charge in [0.25, 0.3) is 0 Å². The number of rotatable bonds is 4. The van der Waals surface area contributed by atoms with Gasteiger partial charge in [-0.05, 0) is 18.8 Å². The summed E-state index contributed by atoms with van der Waals surface area (Å²) < 4.78 is 0. The molecular formula is C14H24N4. The summed E-state index contributed by atoms with van der Waals surface area (Å²) in [7, 11) is 1.90. The first-order valence-electron chi connectivity index (χ1n) is 7.05. The van der Waals surface area contributed by atoms with Crippen LogP contribution in [0, 0.1) is 5.92 Å². The van der Waals surface area contributed by atoms with Crippen molar-refractivity contribution in [3.63, 3.8) is 0 Å². The van der Waals surface area contributed by atoms with E-state index in [0.29, 0.717) is 6.04 Å². The summed E-state index contributed by atoms with van der Waals surface area (Å²) in [4.78, 5) is 8.99. The van der Waals surface area contributed by atoms with Gasteiger partial charge in [0.05, 0.1) is 0 Å². The smallest absolute Gasteiger partial charge is 0.132 e. The van der Waals surface area contributed by atoms with Crippen LogP contribution in [0.4, 0.5) is 11.6 Å². The predicted octanol–water partition coefficient (Wildman–Crippen LogP) is 3.07. The quantitative estimate of drug-likeness (QED) is 0.859. The lowest BCUT2D eigenvalue weighted by molar-refractivity contribution is 0.349. The van der Waals surface area contributed by atoms with Gasteiger partial charge in [-0.3, -0.25) is 0 Å². The molecule has 2 N–H and O–H groups in total. The molecule has 0 amide bonds. The van der Waals surface area contributed by atoms with Crippen LogP contribution in [0.2, 0.25) is 0 Å². The third-order valence-electron chi connectivity index (χ3n) is 3.79. The van der Waals surface area contributed by atoms with Crippen molar-refractivity contribution < 1.29 is 0 Å². The summed E-state index contributed by atoms with van der Waals surface area (Å²) in [6.45, 7) is 4.42. The molecule has 1 aromatic rings. The number of aryl methyl sites for hydroxylation is 1. The van der Waals surface area contributed by atoms with Gasteiger partial charge in [0.2, 0.25) is 0 Å². The fourth-order valence-electron chi connectivity index (χ4n) is 2.58. The van der Waals surface area contributed by atoms with E-state index >= 15 is 0 Å². The summed E-state index contributed by atoms with van der Waals surface area (Å²) in [6.07, 6.45) is 6.13. The average Bonchev–Trinajstić information content (AvgIpc) is 2.41. The molecule has 0 aromatic carbocycles. The summed E-state index contributed by atoms with van der Waals surface area (Å²) in [5.74, 6) is 3.49. The molecule has 2 atom stereocenters. The van der Waals surface area contributed by atoms with Crippen LogP contribution >= 0.6 is 0 Å². The van der Waals surface area contributed by atoms with E-state index in [1.807, 2.05) is 13.1 Å². The first-order chi connectivity index (χ1) is 8.72. The van der Waals surface area contributed by atoms with E-state index in [-0.39, 0.29) is 0 Å². The van der Waals surface area contributed by atoms with E-state index in [9.17, 15) is 0 Å². The third kappa shape index (κ3) is 3.12. The molecule has 1 heterocycles. The van der Waals surface area contributed by atoms with Crippen molar-refractivity contribution in [2.75, 3.05) is 17.7 Å². The van der Waals surface area contributed by atoms with Crippen molar-refractivity contribution in [2.24, 2.45) is 5.92 Å². The molecule has 4 nitrogen and oxygen atoms in total. The Labute approximate surface area is 110 Å². The highest BCUT2D eigenvalue weighted by molar-refractivity contribution is 5.47. The maximum absolute atomic E-state index is 4.57. The number of hydrogen-bond acceptors (Lipinski definition) is 4. The van der Waals surface area contributed by atoms with E-state index in [0.717, 1.165) is 29.8 Å². The Morgan fingerprint density at radius 1 is 1.22 bits per heavy atom. The van der Waals surface area contributed by atoms with Crippen molar-refractivity contribution in [2.45, 2.75) is 52.0 Å². The zero-order valence-corrected chi connectivity index (χ0v) is 11.7. The van der Waals surface area contributed by atoms with Crippen LogP contribution in [0.3, 0.4) is 0 Å². The lowest BCUT2D eigenvalue weighted by atomic mass is 9.86. The van der Waals surface area contributed by atoms with Crippen LogP contribution in [0.25, 0.3) is 0 Å². The molecule has 0 radical (unpaired) electrons. The van der Waals surface area contributed by atoms with E-state index < -0.39 is 0 Å². The number of hydrogen-bond donors (Lipinski definition) is 2. The Morgan fingerprint density at radius 3 is 2.61 bits per heavy atom. The molecular weight excluding hydrogens is 224 g/mol. The molecule has 1 aliphatic carbocycles. The molecule has 2 unspecified atom stereocenters. The van der Waals surface area contributed by atoms with Gasteiger partial charge in [-0.1, -0.05) is 26.7 Å². The number of nitrogens with zero attached hydrogens (tertiary/aromatic N) is 2. The van der Waals surface area contributed by atoms with Gasteiger partial charge in [0.1, 0.15) is 17.5 Å². The Morgan fingerprint density at radius 2 is 1.94 bits per heavy atom. The van der Waals surface area contributed by atoms with Gasteiger partial charge in [-0.25, -0.2) is 9.97 Å². The number of nitrogens with one attached hydrogen (secondary N) is 2. The first kappa shape index (κ1) is 13.1. The summed E-state index contributed by atoms with van der Waals surface area (Å²) in [5.41, 5.74) is 0. The minimum absolute atomic E-state index is 0.558. The highest BCUT2D eigenvalue weighted by Crippen LogP contribution is 2.26. The fourth-order valence-corrected chi connectivity index (χ4v) is 2.58. The summed E-state index contributed by atoms with van der Waals surface area (Å²) in [5, 5.41) is 6.69. The molecule has 4 heteroatoms. The second-order valence-electron chi connectivity index (χ2n) is 5.17. The van der Waals surface area contributed by atoms with Gasteiger partial charge < -0.3 is 10.6 Å². The normalized spacial score (nSPS) is 23.7. The molecule has 0 bridgehead atoms. The first-order valence-corrected chi connectivity index (χ1v) is 7.05. The lowest BCUT2D eigenvalue weighted by Gasteiger charge is -2.30. The second kappa shape index (κ2) is 6.03. The maximum atomic E-state index is 4.57. The van der Waals surface area contributed by atoms with Gasteiger partial charge in [0, 0.05) is 25.6 Å². The zero-order valence-electron chi connectivity index (χ0n) is 11.7. The van der Waals surface area contributed by atoms with Crippen molar-refractivity contribution in [1.29, 1.82) is 0 Å². The Balaban J connectivity index is 2.12. The number of aromatic nitrogens is 2. The fraction of sp³-hybridized carbons (Fsp3) is 0.714. The van der Waals surface area contributed by atoms with Crippen molar-refractivity contribution >= 4 is 11.6 Å². The molecule has 18 heavy (non-hydrogen) atoms. The molecule has 1 saturated carbocycles. The average molecular weight is 248 g/mol. The topological polar surface area (TPSA) is 49.8 Å². The van der Waals surface area contributed by atoms with E-state index in [1.165, 1.54) is 25.7 Å². The summed E-state index contributed by atoms with van der Waals surface area (Å²) in [6, 6.07) is 2.56. The van der Waals surface area contributed by atoms with E-state index in [4.69, 9.17) is 0 Å². The molecule has 1 aliphatic rings. The zero-order chi connectivity index (χ0) is 13.0. The van der Waals surface area contributed by atoms with Crippen LogP contribution in [-0.4, -0.2) is 23.1 Å². The van der Waals surface area contributed by atoms with Gasteiger partial charge in [-0.15, -0.1) is 0 Å². The highest BCUT2D eigenvalue weighted by Gasteiger charge is 2.21. The molecule has 100 valence electrons.